The summed E-state index contributed by atoms with van der Waals surface area (Å²) < 4.78 is 0. The lowest BCUT2D eigenvalue weighted by Gasteiger charge is -2.14. The highest BCUT2D eigenvalue weighted by atomic mass is 14.1. The first-order valence-electron chi connectivity index (χ1n) is 9.25. The molecule has 0 heterocycles. The summed E-state index contributed by atoms with van der Waals surface area (Å²) >= 11 is 0. The molecule has 2 rings (SSSR count). The molecule has 0 radical (unpaired) electrons. The fourth-order valence-electron chi connectivity index (χ4n) is 3.08. The maximum absolute atomic E-state index is 3.86. The maximum atomic E-state index is 3.86. The molecule has 0 spiro atoms. The van der Waals surface area contributed by atoms with Gasteiger partial charge in [-0.1, -0.05) is 78.9 Å². The highest BCUT2D eigenvalue weighted by molar-refractivity contribution is 5.20. The Morgan fingerprint density at radius 1 is 0.792 bits per heavy atom. The number of unbranched alkanes of at least 4 members (excludes halogenated alkanes) is 2. The van der Waals surface area contributed by atoms with Crippen molar-refractivity contribution in [2.24, 2.45) is 0 Å². The third kappa shape index (κ3) is 7.00. The van der Waals surface area contributed by atoms with Crippen LogP contribution >= 0.6 is 0 Å². The second-order valence-corrected chi connectivity index (χ2v) is 6.41. The zero-order valence-electron chi connectivity index (χ0n) is 14.7. The summed E-state index contributed by atoms with van der Waals surface area (Å²) in [6.45, 7) is 3.86. The van der Waals surface area contributed by atoms with Crippen molar-refractivity contribution < 1.29 is 0 Å². The molecule has 2 aromatic rings. The quantitative estimate of drug-likeness (QED) is 0.306. The topological polar surface area (TPSA) is 0 Å². The summed E-state index contributed by atoms with van der Waals surface area (Å²) in [5.74, 6) is 0.616. The number of hydrogen-bond donors (Lipinski definition) is 0. The van der Waals surface area contributed by atoms with Crippen molar-refractivity contribution in [3.63, 3.8) is 0 Å². The van der Waals surface area contributed by atoms with Gasteiger partial charge in [-0.05, 0) is 62.0 Å². The van der Waals surface area contributed by atoms with Crippen LogP contribution in [0.1, 0.15) is 55.6 Å². The fourth-order valence-corrected chi connectivity index (χ4v) is 3.08. The van der Waals surface area contributed by atoms with E-state index in [2.05, 4.69) is 79.4 Å². The predicted molar refractivity (Wildman–Crippen MR) is 106 cm³/mol. The Hall–Kier alpha value is -2.08. The standard InChI is InChI=1S/C24H30/c1-2-3-18-23(24-20-13-8-14-21-24)19-12-6-4-5-9-15-22-16-10-7-11-17-22/h2,6-8,10-14,16-17,20-21,23H,1,3-5,9,15,18-19H2. The molecule has 0 bridgehead atoms. The molecule has 0 aliphatic heterocycles. The first kappa shape index (κ1) is 18.3. The van der Waals surface area contributed by atoms with Crippen molar-refractivity contribution in [2.45, 2.75) is 50.9 Å². The zero-order valence-corrected chi connectivity index (χ0v) is 14.7. The van der Waals surface area contributed by atoms with Crippen LogP contribution in [0.3, 0.4) is 0 Å². The number of hydrogen-bond acceptors (Lipinski definition) is 0. The molecular formula is C24H30. The Kier molecular flexibility index (Phi) is 8.72. The van der Waals surface area contributed by atoms with E-state index in [1.54, 1.807) is 0 Å². The van der Waals surface area contributed by atoms with Crippen LogP contribution in [0.2, 0.25) is 0 Å². The highest BCUT2D eigenvalue weighted by Gasteiger charge is 2.08. The van der Waals surface area contributed by atoms with Crippen LogP contribution in [-0.2, 0) is 6.42 Å². The van der Waals surface area contributed by atoms with E-state index in [4.69, 9.17) is 0 Å². The van der Waals surface area contributed by atoms with Crippen LogP contribution in [0.4, 0.5) is 0 Å². The third-order valence-corrected chi connectivity index (χ3v) is 4.51. The molecule has 24 heavy (non-hydrogen) atoms. The van der Waals surface area contributed by atoms with Gasteiger partial charge in [-0.15, -0.1) is 6.58 Å². The Morgan fingerprint density at radius 3 is 2.21 bits per heavy atom. The van der Waals surface area contributed by atoms with Crippen LogP contribution in [0.5, 0.6) is 0 Å². The molecule has 0 aliphatic rings. The Morgan fingerprint density at radius 2 is 1.50 bits per heavy atom. The smallest absolute Gasteiger partial charge is 0.0124 e. The van der Waals surface area contributed by atoms with Crippen LogP contribution in [-0.4, -0.2) is 0 Å². The fraction of sp³-hybridized carbons (Fsp3) is 0.333. The van der Waals surface area contributed by atoms with E-state index in [1.807, 2.05) is 6.08 Å². The van der Waals surface area contributed by atoms with Gasteiger partial charge in [-0.25, -0.2) is 0 Å². The Bertz CT molecular complexity index is 580. The van der Waals surface area contributed by atoms with Crippen molar-refractivity contribution in [1.29, 1.82) is 0 Å². The summed E-state index contributed by atoms with van der Waals surface area (Å²) in [6.07, 6.45) is 15.1. The molecule has 0 amide bonds. The van der Waals surface area contributed by atoms with Gasteiger partial charge >= 0.3 is 0 Å². The molecule has 0 saturated carbocycles. The van der Waals surface area contributed by atoms with E-state index in [0.717, 1.165) is 12.8 Å². The van der Waals surface area contributed by atoms with E-state index >= 15 is 0 Å². The molecule has 0 nitrogen and oxygen atoms in total. The van der Waals surface area contributed by atoms with Crippen LogP contribution in [0.25, 0.3) is 0 Å². The van der Waals surface area contributed by atoms with E-state index in [1.165, 1.54) is 43.2 Å². The summed E-state index contributed by atoms with van der Waals surface area (Å²) in [7, 11) is 0. The van der Waals surface area contributed by atoms with E-state index in [9.17, 15) is 0 Å². The second kappa shape index (κ2) is 11.5. The van der Waals surface area contributed by atoms with E-state index in [0.29, 0.717) is 5.92 Å². The molecule has 0 N–H and O–H groups in total. The lowest BCUT2D eigenvalue weighted by atomic mass is 9.91. The molecule has 0 aromatic heterocycles. The first-order chi connectivity index (χ1) is 11.9. The maximum Gasteiger partial charge on any atom is -0.0124 e. The van der Waals surface area contributed by atoms with Gasteiger partial charge in [0.25, 0.3) is 0 Å². The molecule has 0 aliphatic carbocycles. The summed E-state index contributed by atoms with van der Waals surface area (Å²) in [6, 6.07) is 21.7. The lowest BCUT2D eigenvalue weighted by Crippen LogP contribution is -1.97. The van der Waals surface area contributed by atoms with Crippen molar-refractivity contribution in [2.75, 3.05) is 0 Å². The van der Waals surface area contributed by atoms with Gasteiger partial charge in [0.15, 0.2) is 0 Å². The Labute approximate surface area is 147 Å². The third-order valence-electron chi connectivity index (χ3n) is 4.51. The van der Waals surface area contributed by atoms with Crippen molar-refractivity contribution in [1.82, 2.24) is 0 Å². The molecule has 1 unspecified atom stereocenters. The number of benzene rings is 2. The van der Waals surface area contributed by atoms with Gasteiger partial charge in [0.05, 0.1) is 0 Å². The van der Waals surface area contributed by atoms with Gasteiger partial charge in [0, 0.05) is 0 Å². The average molecular weight is 319 g/mol. The summed E-state index contributed by atoms with van der Waals surface area (Å²) in [5, 5.41) is 0. The molecule has 0 saturated heterocycles. The van der Waals surface area contributed by atoms with Crippen molar-refractivity contribution >= 4 is 0 Å². The minimum atomic E-state index is 0.616. The van der Waals surface area contributed by atoms with Crippen LogP contribution < -0.4 is 0 Å². The SMILES string of the molecule is C=CCCC(CC=CCCCCc1ccccc1)c1ccccc1. The normalized spacial score (nSPS) is 12.3. The first-order valence-corrected chi connectivity index (χ1v) is 9.25. The molecule has 0 fully saturated rings. The number of allylic oxidation sites excluding steroid dienone is 3. The summed E-state index contributed by atoms with van der Waals surface area (Å²) in [4.78, 5) is 0. The van der Waals surface area contributed by atoms with Gasteiger partial charge in [-0.3, -0.25) is 0 Å². The average Bonchev–Trinajstić information content (AvgIpc) is 2.65. The Balaban J connectivity index is 1.69. The minimum Gasteiger partial charge on any atom is -0.103 e. The van der Waals surface area contributed by atoms with Gasteiger partial charge in [-0.2, -0.15) is 0 Å². The van der Waals surface area contributed by atoms with Gasteiger partial charge in [0.1, 0.15) is 0 Å². The lowest BCUT2D eigenvalue weighted by molar-refractivity contribution is 0.639. The number of rotatable bonds is 11. The van der Waals surface area contributed by atoms with E-state index < -0.39 is 0 Å². The van der Waals surface area contributed by atoms with Gasteiger partial charge in [0.2, 0.25) is 0 Å². The largest absolute Gasteiger partial charge is 0.103 e. The predicted octanol–water partition coefficient (Wildman–Crippen LogP) is 7.10. The molecule has 126 valence electrons. The molecule has 0 heteroatoms. The number of aryl methyl sites for hydroxylation is 1. The van der Waals surface area contributed by atoms with Crippen molar-refractivity contribution in [3.8, 4) is 0 Å². The molecular weight excluding hydrogens is 288 g/mol. The minimum absolute atomic E-state index is 0.616. The van der Waals surface area contributed by atoms with Gasteiger partial charge < -0.3 is 0 Å². The van der Waals surface area contributed by atoms with E-state index in [-0.39, 0.29) is 0 Å². The van der Waals surface area contributed by atoms with Crippen molar-refractivity contribution in [3.05, 3.63) is 96.6 Å². The highest BCUT2D eigenvalue weighted by Crippen LogP contribution is 2.25. The monoisotopic (exact) mass is 318 g/mol. The van der Waals surface area contributed by atoms with Crippen LogP contribution in [0.15, 0.2) is 85.5 Å². The summed E-state index contributed by atoms with van der Waals surface area (Å²) in [5.41, 5.74) is 2.91. The van der Waals surface area contributed by atoms with Crippen LogP contribution in [0, 0.1) is 0 Å². The molecule has 2 aromatic carbocycles. The zero-order chi connectivity index (χ0) is 16.9. The molecule has 1 atom stereocenters. The second-order valence-electron chi connectivity index (χ2n) is 6.41.